The van der Waals surface area contributed by atoms with Gasteiger partial charge in [0.2, 0.25) is 0 Å². The Kier molecular flexibility index (Phi) is 2.09. The third-order valence-electron chi connectivity index (χ3n) is 1.93. The van der Waals surface area contributed by atoms with E-state index in [1.54, 1.807) is 24.3 Å². The van der Waals surface area contributed by atoms with Crippen molar-refractivity contribution in [2.75, 3.05) is 0 Å². The van der Waals surface area contributed by atoms with Gasteiger partial charge in [-0.15, -0.1) is 0 Å². The predicted molar refractivity (Wildman–Crippen MR) is 53.7 cm³/mol. The molecule has 2 rings (SSSR count). The second kappa shape index (κ2) is 3.27. The van der Waals surface area contributed by atoms with Crippen LogP contribution in [0.2, 0.25) is 5.02 Å². The molecule has 0 unspecified atom stereocenters. The van der Waals surface area contributed by atoms with Crippen molar-refractivity contribution in [2.24, 2.45) is 0 Å². The summed E-state index contributed by atoms with van der Waals surface area (Å²) in [6.45, 7) is 0. The maximum absolute atomic E-state index is 10.8. The Morgan fingerprint density at radius 3 is 2.86 bits per heavy atom. The van der Waals surface area contributed by atoms with Gasteiger partial charge in [0.15, 0.2) is 5.69 Å². The standard InChI is InChI=1S/C10H6ClNO2/c11-7-2-1-6-3-4-12-9(10(13)14)8(6)5-7/h1-5H,(H,13,14). The molecule has 0 saturated carbocycles. The number of aromatic nitrogens is 1. The van der Waals surface area contributed by atoms with Gasteiger partial charge in [-0.3, -0.25) is 0 Å². The Bertz CT molecular complexity index is 510. The summed E-state index contributed by atoms with van der Waals surface area (Å²) in [4.78, 5) is 14.6. The molecule has 3 nitrogen and oxygen atoms in total. The Labute approximate surface area is 85.0 Å². The number of pyridine rings is 1. The Balaban J connectivity index is 2.84. The van der Waals surface area contributed by atoms with Crippen molar-refractivity contribution in [3.05, 3.63) is 41.2 Å². The minimum Gasteiger partial charge on any atom is -0.476 e. The zero-order valence-electron chi connectivity index (χ0n) is 7.07. The van der Waals surface area contributed by atoms with Crippen LogP contribution in [0.4, 0.5) is 0 Å². The van der Waals surface area contributed by atoms with E-state index in [-0.39, 0.29) is 5.69 Å². The van der Waals surface area contributed by atoms with Gasteiger partial charge < -0.3 is 5.11 Å². The second-order valence-electron chi connectivity index (χ2n) is 2.83. The van der Waals surface area contributed by atoms with E-state index in [1.165, 1.54) is 6.20 Å². The summed E-state index contributed by atoms with van der Waals surface area (Å²) in [5, 5.41) is 10.8. The van der Waals surface area contributed by atoms with E-state index >= 15 is 0 Å². The number of rotatable bonds is 1. The molecule has 70 valence electrons. The van der Waals surface area contributed by atoms with Crippen LogP contribution in [-0.2, 0) is 0 Å². The van der Waals surface area contributed by atoms with Crippen LogP contribution in [0.3, 0.4) is 0 Å². The van der Waals surface area contributed by atoms with Crippen molar-refractivity contribution in [3.63, 3.8) is 0 Å². The van der Waals surface area contributed by atoms with Gasteiger partial charge in [0, 0.05) is 16.6 Å². The highest BCUT2D eigenvalue weighted by Crippen LogP contribution is 2.21. The SMILES string of the molecule is O=C(O)c1nccc2ccc(Cl)cc12. The largest absolute Gasteiger partial charge is 0.476 e. The van der Waals surface area contributed by atoms with Crippen LogP contribution in [0.25, 0.3) is 10.8 Å². The number of benzene rings is 1. The van der Waals surface area contributed by atoms with Gasteiger partial charge in [-0.25, -0.2) is 9.78 Å². The lowest BCUT2D eigenvalue weighted by Gasteiger charge is -2.01. The molecule has 0 spiro atoms. The minimum absolute atomic E-state index is 0.0324. The van der Waals surface area contributed by atoms with Crippen molar-refractivity contribution in [3.8, 4) is 0 Å². The number of carbonyl (C=O) groups is 1. The molecule has 0 bridgehead atoms. The number of hydrogen-bond acceptors (Lipinski definition) is 2. The van der Waals surface area contributed by atoms with Gasteiger partial charge in [0.05, 0.1) is 0 Å². The van der Waals surface area contributed by atoms with Crippen LogP contribution >= 0.6 is 11.6 Å². The van der Waals surface area contributed by atoms with Crippen molar-refractivity contribution >= 4 is 28.3 Å². The molecular weight excluding hydrogens is 202 g/mol. The number of nitrogens with zero attached hydrogens (tertiary/aromatic N) is 1. The molecule has 0 aliphatic heterocycles. The highest BCUT2D eigenvalue weighted by atomic mass is 35.5. The molecule has 0 fully saturated rings. The summed E-state index contributed by atoms with van der Waals surface area (Å²) >= 11 is 5.77. The second-order valence-corrected chi connectivity index (χ2v) is 3.27. The van der Waals surface area contributed by atoms with Gasteiger partial charge >= 0.3 is 5.97 Å². The zero-order chi connectivity index (χ0) is 10.1. The molecule has 1 aromatic heterocycles. The fraction of sp³-hybridized carbons (Fsp3) is 0. The van der Waals surface area contributed by atoms with E-state index in [1.807, 2.05) is 0 Å². The average molecular weight is 208 g/mol. The van der Waals surface area contributed by atoms with Crippen LogP contribution in [0, 0.1) is 0 Å². The number of aromatic carboxylic acids is 1. The fourth-order valence-corrected chi connectivity index (χ4v) is 1.48. The molecule has 14 heavy (non-hydrogen) atoms. The lowest BCUT2D eigenvalue weighted by molar-refractivity contribution is 0.0693. The maximum Gasteiger partial charge on any atom is 0.355 e. The highest BCUT2D eigenvalue weighted by Gasteiger charge is 2.09. The number of hydrogen-bond donors (Lipinski definition) is 1. The van der Waals surface area contributed by atoms with Gasteiger partial charge in [0.25, 0.3) is 0 Å². The first-order valence-electron chi connectivity index (χ1n) is 3.96. The third-order valence-corrected chi connectivity index (χ3v) is 2.17. The molecule has 4 heteroatoms. The summed E-state index contributed by atoms with van der Waals surface area (Å²) < 4.78 is 0. The molecule has 1 aromatic carbocycles. The third kappa shape index (κ3) is 1.42. The van der Waals surface area contributed by atoms with Crippen LogP contribution in [0.1, 0.15) is 10.5 Å². The van der Waals surface area contributed by atoms with E-state index in [9.17, 15) is 4.79 Å². The van der Waals surface area contributed by atoms with E-state index in [2.05, 4.69) is 4.98 Å². The molecule has 0 atom stereocenters. The molecule has 0 radical (unpaired) electrons. The summed E-state index contributed by atoms with van der Waals surface area (Å²) in [7, 11) is 0. The number of carboxylic acids is 1. The molecule has 2 aromatic rings. The first-order valence-corrected chi connectivity index (χ1v) is 4.34. The fourth-order valence-electron chi connectivity index (χ4n) is 1.31. The molecule has 0 amide bonds. The van der Waals surface area contributed by atoms with Gasteiger partial charge in [-0.05, 0) is 23.6 Å². The average Bonchev–Trinajstić information content (AvgIpc) is 2.16. The van der Waals surface area contributed by atoms with E-state index in [4.69, 9.17) is 16.7 Å². The molecule has 0 aliphatic carbocycles. The first-order chi connectivity index (χ1) is 6.68. The van der Waals surface area contributed by atoms with Gasteiger partial charge in [-0.1, -0.05) is 17.7 Å². The predicted octanol–water partition coefficient (Wildman–Crippen LogP) is 2.59. The van der Waals surface area contributed by atoms with Crippen LogP contribution in [0.15, 0.2) is 30.5 Å². The summed E-state index contributed by atoms with van der Waals surface area (Å²) in [6.07, 6.45) is 1.47. The van der Waals surface area contributed by atoms with Crippen molar-refractivity contribution < 1.29 is 9.90 Å². The van der Waals surface area contributed by atoms with Crippen molar-refractivity contribution in [1.82, 2.24) is 4.98 Å². The summed E-state index contributed by atoms with van der Waals surface area (Å²) in [5.74, 6) is -1.04. The van der Waals surface area contributed by atoms with E-state index < -0.39 is 5.97 Å². The molecule has 1 heterocycles. The number of carboxylic acid groups (broad SMARTS) is 1. The first kappa shape index (κ1) is 8.97. The summed E-state index contributed by atoms with van der Waals surface area (Å²) in [5.41, 5.74) is 0.0324. The Morgan fingerprint density at radius 2 is 2.14 bits per heavy atom. The monoisotopic (exact) mass is 207 g/mol. The lowest BCUT2D eigenvalue weighted by Crippen LogP contribution is -2.00. The Morgan fingerprint density at radius 1 is 1.36 bits per heavy atom. The molecular formula is C10H6ClNO2. The molecule has 0 saturated heterocycles. The topological polar surface area (TPSA) is 50.2 Å². The minimum atomic E-state index is -1.04. The van der Waals surface area contributed by atoms with Crippen molar-refractivity contribution in [2.45, 2.75) is 0 Å². The van der Waals surface area contributed by atoms with Crippen LogP contribution < -0.4 is 0 Å². The highest BCUT2D eigenvalue weighted by molar-refractivity contribution is 6.31. The lowest BCUT2D eigenvalue weighted by atomic mass is 10.1. The smallest absolute Gasteiger partial charge is 0.355 e. The number of halogens is 1. The quantitative estimate of drug-likeness (QED) is 0.782. The van der Waals surface area contributed by atoms with Crippen LogP contribution in [-0.4, -0.2) is 16.1 Å². The van der Waals surface area contributed by atoms with E-state index in [0.717, 1.165) is 5.39 Å². The van der Waals surface area contributed by atoms with Gasteiger partial charge in [-0.2, -0.15) is 0 Å². The number of fused-ring (bicyclic) bond motifs is 1. The summed E-state index contributed by atoms with van der Waals surface area (Å²) in [6, 6.07) is 6.84. The van der Waals surface area contributed by atoms with Gasteiger partial charge in [0.1, 0.15) is 0 Å². The van der Waals surface area contributed by atoms with Crippen LogP contribution in [0.5, 0.6) is 0 Å². The Hall–Kier alpha value is -1.61. The molecule has 0 aliphatic rings. The zero-order valence-corrected chi connectivity index (χ0v) is 7.82. The molecule has 1 N–H and O–H groups in total. The van der Waals surface area contributed by atoms with E-state index in [0.29, 0.717) is 10.4 Å². The normalized spacial score (nSPS) is 10.4. The van der Waals surface area contributed by atoms with Crippen molar-refractivity contribution in [1.29, 1.82) is 0 Å². The maximum atomic E-state index is 10.8.